The minimum absolute atomic E-state index is 0.230. The van der Waals surface area contributed by atoms with Crippen LogP contribution >= 0.6 is 23.2 Å². The molecule has 0 saturated carbocycles. The smallest absolute Gasteiger partial charge is 0.251 e. The van der Waals surface area contributed by atoms with E-state index in [1.807, 2.05) is 0 Å². The van der Waals surface area contributed by atoms with Gasteiger partial charge in [0.15, 0.2) is 0 Å². The summed E-state index contributed by atoms with van der Waals surface area (Å²) in [5.74, 6) is -1.02. The Balaban J connectivity index is 2.12. The number of carbonyl (C=O) groups excluding carboxylic acids is 2. The van der Waals surface area contributed by atoms with Gasteiger partial charge in [-0.2, -0.15) is 0 Å². The SMILES string of the molecule is NC(=O)[C@@H](Cc1ccccc1Cl)NC(=O)c1ccc(Cl)cc1. The summed E-state index contributed by atoms with van der Waals surface area (Å²) in [5, 5.41) is 3.66. The average Bonchev–Trinajstić information content (AvgIpc) is 2.49. The highest BCUT2D eigenvalue weighted by Gasteiger charge is 2.20. The Hall–Kier alpha value is -2.04. The molecule has 6 heteroatoms. The molecule has 2 aromatic rings. The van der Waals surface area contributed by atoms with E-state index in [-0.39, 0.29) is 6.42 Å². The van der Waals surface area contributed by atoms with Crippen LogP contribution in [0.4, 0.5) is 0 Å². The fourth-order valence-corrected chi connectivity index (χ4v) is 2.29. The number of amides is 2. The molecule has 0 aliphatic carbocycles. The van der Waals surface area contributed by atoms with Gasteiger partial charge in [-0.1, -0.05) is 41.4 Å². The number of nitrogens with one attached hydrogen (secondary N) is 1. The zero-order chi connectivity index (χ0) is 16.1. The number of benzene rings is 2. The second-order valence-corrected chi connectivity index (χ2v) is 5.57. The van der Waals surface area contributed by atoms with Gasteiger partial charge in [-0.25, -0.2) is 0 Å². The van der Waals surface area contributed by atoms with Crippen molar-refractivity contribution in [3.05, 3.63) is 69.7 Å². The summed E-state index contributed by atoms with van der Waals surface area (Å²) in [6, 6.07) is 12.6. The molecule has 2 amide bonds. The van der Waals surface area contributed by atoms with E-state index in [0.29, 0.717) is 15.6 Å². The fraction of sp³-hybridized carbons (Fsp3) is 0.125. The Morgan fingerprint density at radius 1 is 1.05 bits per heavy atom. The predicted molar refractivity (Wildman–Crippen MR) is 87.1 cm³/mol. The summed E-state index contributed by atoms with van der Waals surface area (Å²) in [6.07, 6.45) is 0.230. The van der Waals surface area contributed by atoms with Gasteiger partial charge >= 0.3 is 0 Å². The van der Waals surface area contributed by atoms with Crippen molar-refractivity contribution in [3.63, 3.8) is 0 Å². The van der Waals surface area contributed by atoms with Gasteiger partial charge in [-0.15, -0.1) is 0 Å². The number of rotatable bonds is 5. The van der Waals surface area contributed by atoms with E-state index >= 15 is 0 Å². The summed E-state index contributed by atoms with van der Waals surface area (Å²) in [5.41, 5.74) is 6.51. The molecule has 0 aliphatic rings. The molecular formula is C16H14Cl2N2O2. The molecule has 0 bridgehead atoms. The van der Waals surface area contributed by atoms with Crippen molar-refractivity contribution in [2.24, 2.45) is 5.73 Å². The van der Waals surface area contributed by atoms with Gasteiger partial charge in [0.25, 0.3) is 5.91 Å². The zero-order valence-electron chi connectivity index (χ0n) is 11.6. The van der Waals surface area contributed by atoms with Crippen molar-refractivity contribution >= 4 is 35.0 Å². The molecule has 0 aliphatic heterocycles. The van der Waals surface area contributed by atoms with Crippen LogP contribution in [0.5, 0.6) is 0 Å². The van der Waals surface area contributed by atoms with Crippen LogP contribution in [0.15, 0.2) is 48.5 Å². The van der Waals surface area contributed by atoms with Gasteiger partial charge in [0, 0.05) is 22.0 Å². The lowest BCUT2D eigenvalue weighted by Gasteiger charge is -2.16. The van der Waals surface area contributed by atoms with Gasteiger partial charge in [0.1, 0.15) is 6.04 Å². The summed E-state index contributed by atoms with van der Waals surface area (Å²) in [6.45, 7) is 0. The van der Waals surface area contributed by atoms with Crippen LogP contribution in [0, 0.1) is 0 Å². The van der Waals surface area contributed by atoms with E-state index in [0.717, 1.165) is 5.56 Å². The van der Waals surface area contributed by atoms with Crippen LogP contribution in [-0.4, -0.2) is 17.9 Å². The van der Waals surface area contributed by atoms with Crippen LogP contribution in [0.25, 0.3) is 0 Å². The molecule has 3 N–H and O–H groups in total. The second kappa shape index (κ2) is 7.29. The van der Waals surface area contributed by atoms with Crippen molar-refractivity contribution in [3.8, 4) is 0 Å². The first-order valence-corrected chi connectivity index (χ1v) is 7.32. The van der Waals surface area contributed by atoms with Crippen LogP contribution in [0.3, 0.4) is 0 Å². The molecule has 0 spiro atoms. The number of hydrogen-bond acceptors (Lipinski definition) is 2. The summed E-state index contributed by atoms with van der Waals surface area (Å²) >= 11 is 11.8. The van der Waals surface area contributed by atoms with E-state index in [1.54, 1.807) is 48.5 Å². The minimum atomic E-state index is -0.844. The Labute approximate surface area is 138 Å². The van der Waals surface area contributed by atoms with Crippen LogP contribution in [0.1, 0.15) is 15.9 Å². The number of hydrogen-bond donors (Lipinski definition) is 2. The van der Waals surface area contributed by atoms with E-state index in [2.05, 4.69) is 5.32 Å². The third kappa shape index (κ3) is 4.23. The van der Waals surface area contributed by atoms with Gasteiger partial charge in [-0.05, 0) is 35.9 Å². The molecule has 0 unspecified atom stereocenters. The molecule has 0 saturated heterocycles. The Bertz CT molecular complexity index is 687. The molecule has 2 aromatic carbocycles. The summed E-state index contributed by atoms with van der Waals surface area (Å²) < 4.78 is 0. The topological polar surface area (TPSA) is 72.2 Å². The van der Waals surface area contributed by atoms with Crippen molar-refractivity contribution in [1.82, 2.24) is 5.32 Å². The molecular weight excluding hydrogens is 323 g/mol. The highest BCUT2D eigenvalue weighted by molar-refractivity contribution is 6.31. The number of primary amides is 1. The zero-order valence-corrected chi connectivity index (χ0v) is 13.1. The monoisotopic (exact) mass is 336 g/mol. The van der Waals surface area contributed by atoms with E-state index in [9.17, 15) is 9.59 Å². The Morgan fingerprint density at radius 2 is 1.68 bits per heavy atom. The van der Waals surface area contributed by atoms with Crippen molar-refractivity contribution in [1.29, 1.82) is 0 Å². The first kappa shape index (κ1) is 16.3. The summed E-state index contributed by atoms with van der Waals surface area (Å²) in [4.78, 5) is 23.7. The fourth-order valence-electron chi connectivity index (χ4n) is 1.95. The first-order valence-electron chi connectivity index (χ1n) is 6.56. The quantitative estimate of drug-likeness (QED) is 0.881. The summed E-state index contributed by atoms with van der Waals surface area (Å²) in [7, 11) is 0. The number of halogens is 2. The highest BCUT2D eigenvalue weighted by atomic mass is 35.5. The van der Waals surface area contributed by atoms with Crippen molar-refractivity contribution in [2.45, 2.75) is 12.5 Å². The standard InChI is InChI=1S/C16H14Cl2N2O2/c17-12-7-5-10(6-8-12)16(22)20-14(15(19)21)9-11-3-1-2-4-13(11)18/h1-8,14H,9H2,(H2,19,21)(H,20,22)/t14-/m1/s1. The lowest BCUT2D eigenvalue weighted by atomic mass is 10.0. The Kier molecular flexibility index (Phi) is 5.41. The predicted octanol–water partition coefficient (Wildman–Crippen LogP) is 2.82. The van der Waals surface area contributed by atoms with Gasteiger partial charge < -0.3 is 11.1 Å². The second-order valence-electron chi connectivity index (χ2n) is 4.73. The maximum absolute atomic E-state index is 12.2. The Morgan fingerprint density at radius 3 is 2.27 bits per heavy atom. The average molecular weight is 337 g/mol. The number of carbonyl (C=O) groups is 2. The first-order chi connectivity index (χ1) is 10.5. The molecule has 2 rings (SSSR count). The lowest BCUT2D eigenvalue weighted by Crippen LogP contribution is -2.45. The normalized spacial score (nSPS) is 11.7. The van der Waals surface area contributed by atoms with Gasteiger partial charge in [0.2, 0.25) is 5.91 Å². The maximum Gasteiger partial charge on any atom is 0.251 e. The number of nitrogens with two attached hydrogens (primary N) is 1. The largest absolute Gasteiger partial charge is 0.368 e. The van der Waals surface area contributed by atoms with Gasteiger partial charge in [-0.3, -0.25) is 9.59 Å². The van der Waals surface area contributed by atoms with Crippen molar-refractivity contribution in [2.75, 3.05) is 0 Å². The molecule has 22 heavy (non-hydrogen) atoms. The molecule has 0 heterocycles. The van der Waals surface area contributed by atoms with E-state index in [4.69, 9.17) is 28.9 Å². The van der Waals surface area contributed by atoms with Gasteiger partial charge in [0.05, 0.1) is 0 Å². The van der Waals surface area contributed by atoms with Crippen LogP contribution in [-0.2, 0) is 11.2 Å². The third-order valence-corrected chi connectivity index (χ3v) is 3.76. The van der Waals surface area contributed by atoms with Crippen LogP contribution in [0.2, 0.25) is 10.0 Å². The van der Waals surface area contributed by atoms with Crippen LogP contribution < -0.4 is 11.1 Å². The molecule has 0 fully saturated rings. The molecule has 4 nitrogen and oxygen atoms in total. The lowest BCUT2D eigenvalue weighted by molar-refractivity contribution is -0.119. The molecule has 0 radical (unpaired) electrons. The maximum atomic E-state index is 12.2. The van der Waals surface area contributed by atoms with E-state index < -0.39 is 17.9 Å². The highest BCUT2D eigenvalue weighted by Crippen LogP contribution is 2.17. The van der Waals surface area contributed by atoms with E-state index in [1.165, 1.54) is 0 Å². The minimum Gasteiger partial charge on any atom is -0.368 e. The van der Waals surface area contributed by atoms with Crippen molar-refractivity contribution < 1.29 is 9.59 Å². The molecule has 114 valence electrons. The third-order valence-electron chi connectivity index (χ3n) is 3.14. The molecule has 0 aromatic heterocycles. The molecule has 1 atom stereocenters.